The Hall–Kier alpha value is -2.18. The molecule has 1 aromatic heterocycles. The Kier molecular flexibility index (Phi) is 4.35. The lowest BCUT2D eigenvalue weighted by atomic mass is 9.99. The van der Waals surface area contributed by atoms with Crippen LogP contribution < -0.4 is 0 Å². The SMILES string of the molecule is Cc1cc(F)ccc1S(=O)(=O)N1CCc2[nH]c3ccc(C(C)C)cc3c2C1. The van der Waals surface area contributed by atoms with Gasteiger partial charge in [-0.25, -0.2) is 12.8 Å². The number of halogens is 1. The van der Waals surface area contributed by atoms with Crippen LogP contribution in [-0.2, 0) is 23.0 Å². The lowest BCUT2D eigenvalue weighted by Gasteiger charge is -2.27. The van der Waals surface area contributed by atoms with E-state index in [1.807, 2.05) is 0 Å². The zero-order valence-corrected chi connectivity index (χ0v) is 16.5. The van der Waals surface area contributed by atoms with E-state index in [0.29, 0.717) is 31.0 Å². The zero-order chi connectivity index (χ0) is 19.3. The lowest BCUT2D eigenvalue weighted by molar-refractivity contribution is 0.391. The number of benzene rings is 2. The van der Waals surface area contributed by atoms with Gasteiger partial charge in [0, 0.05) is 36.1 Å². The van der Waals surface area contributed by atoms with Crippen LogP contribution in [0, 0.1) is 12.7 Å². The van der Waals surface area contributed by atoms with Gasteiger partial charge in [-0.15, -0.1) is 0 Å². The highest BCUT2D eigenvalue weighted by Crippen LogP contribution is 2.33. The fraction of sp³-hybridized carbons (Fsp3) is 0.333. The molecule has 4 rings (SSSR count). The van der Waals surface area contributed by atoms with Crippen molar-refractivity contribution in [3.8, 4) is 0 Å². The van der Waals surface area contributed by atoms with Gasteiger partial charge < -0.3 is 4.98 Å². The van der Waals surface area contributed by atoms with Crippen molar-refractivity contribution in [3.05, 3.63) is 64.6 Å². The summed E-state index contributed by atoms with van der Waals surface area (Å²) in [5.41, 5.74) is 4.86. The number of hydrogen-bond donors (Lipinski definition) is 1. The van der Waals surface area contributed by atoms with Crippen LogP contribution in [0.1, 0.15) is 42.1 Å². The van der Waals surface area contributed by atoms with E-state index < -0.39 is 15.8 Å². The van der Waals surface area contributed by atoms with Gasteiger partial charge in [-0.2, -0.15) is 4.31 Å². The Morgan fingerprint density at radius 2 is 1.93 bits per heavy atom. The number of nitrogens with zero attached hydrogens (tertiary/aromatic N) is 1. The maximum absolute atomic E-state index is 13.4. The van der Waals surface area contributed by atoms with Gasteiger partial charge in [-0.05, 0) is 59.9 Å². The largest absolute Gasteiger partial charge is 0.358 e. The highest BCUT2D eigenvalue weighted by molar-refractivity contribution is 7.89. The number of aryl methyl sites for hydroxylation is 1. The Balaban J connectivity index is 1.75. The molecule has 1 aliphatic heterocycles. The van der Waals surface area contributed by atoms with Gasteiger partial charge >= 0.3 is 0 Å². The van der Waals surface area contributed by atoms with E-state index in [0.717, 1.165) is 22.2 Å². The molecular weight excluding hydrogens is 363 g/mol. The molecular formula is C21H23FN2O2S. The molecule has 142 valence electrons. The van der Waals surface area contributed by atoms with Crippen LogP contribution in [-0.4, -0.2) is 24.3 Å². The lowest BCUT2D eigenvalue weighted by Crippen LogP contribution is -2.36. The van der Waals surface area contributed by atoms with Gasteiger partial charge in [0.25, 0.3) is 0 Å². The minimum absolute atomic E-state index is 0.176. The first kappa shape index (κ1) is 18.2. The molecule has 2 heterocycles. The van der Waals surface area contributed by atoms with Crippen molar-refractivity contribution in [1.82, 2.24) is 9.29 Å². The molecule has 4 nitrogen and oxygen atoms in total. The standard InChI is InChI=1S/C21H23FN2O2S/c1-13(2)15-4-6-19-17(11-15)18-12-24(9-8-20(18)23-19)27(25,26)21-7-5-16(22)10-14(21)3/h4-7,10-11,13,23H,8-9,12H2,1-3H3. The number of rotatable bonds is 3. The van der Waals surface area contributed by atoms with E-state index in [-0.39, 0.29) is 4.90 Å². The van der Waals surface area contributed by atoms with Crippen LogP contribution in [0.3, 0.4) is 0 Å². The van der Waals surface area contributed by atoms with Crippen molar-refractivity contribution in [2.45, 2.75) is 44.6 Å². The molecule has 0 fully saturated rings. The highest BCUT2D eigenvalue weighted by atomic mass is 32.2. The number of aromatic nitrogens is 1. The number of nitrogens with one attached hydrogen (secondary N) is 1. The number of hydrogen-bond acceptors (Lipinski definition) is 2. The molecule has 0 spiro atoms. The molecule has 27 heavy (non-hydrogen) atoms. The van der Waals surface area contributed by atoms with Gasteiger partial charge in [0.1, 0.15) is 5.82 Å². The normalized spacial score (nSPS) is 15.4. The smallest absolute Gasteiger partial charge is 0.243 e. The van der Waals surface area contributed by atoms with Crippen molar-refractivity contribution in [3.63, 3.8) is 0 Å². The fourth-order valence-corrected chi connectivity index (χ4v) is 5.43. The summed E-state index contributed by atoms with van der Waals surface area (Å²) in [5, 5.41) is 1.09. The van der Waals surface area contributed by atoms with Crippen LogP contribution in [0.4, 0.5) is 4.39 Å². The second-order valence-corrected chi connectivity index (χ2v) is 9.45. The Morgan fingerprint density at radius 1 is 1.15 bits per heavy atom. The second-order valence-electron chi connectivity index (χ2n) is 7.54. The number of fused-ring (bicyclic) bond motifs is 3. The van der Waals surface area contributed by atoms with Crippen LogP contribution in [0.2, 0.25) is 0 Å². The maximum Gasteiger partial charge on any atom is 0.243 e. The molecule has 1 N–H and O–H groups in total. The number of H-pyrrole nitrogens is 1. The van der Waals surface area contributed by atoms with Gasteiger partial charge in [-0.3, -0.25) is 0 Å². The van der Waals surface area contributed by atoms with Crippen molar-refractivity contribution < 1.29 is 12.8 Å². The minimum Gasteiger partial charge on any atom is -0.358 e. The molecule has 0 atom stereocenters. The Bertz CT molecular complexity index is 1130. The van der Waals surface area contributed by atoms with E-state index in [1.165, 1.54) is 28.1 Å². The molecule has 6 heteroatoms. The topological polar surface area (TPSA) is 53.2 Å². The summed E-state index contributed by atoms with van der Waals surface area (Å²) in [5.74, 6) is -0.0181. The van der Waals surface area contributed by atoms with Crippen LogP contribution in [0.5, 0.6) is 0 Å². The van der Waals surface area contributed by atoms with E-state index in [9.17, 15) is 12.8 Å². The maximum atomic E-state index is 13.4. The summed E-state index contributed by atoms with van der Waals surface area (Å²) in [6, 6.07) is 10.2. The third kappa shape index (κ3) is 3.07. The molecule has 2 aromatic carbocycles. The molecule has 1 aliphatic rings. The van der Waals surface area contributed by atoms with E-state index in [4.69, 9.17) is 0 Å². The first-order chi connectivity index (χ1) is 12.8. The average molecular weight is 386 g/mol. The van der Waals surface area contributed by atoms with E-state index in [2.05, 4.69) is 37.0 Å². The first-order valence-corrected chi connectivity index (χ1v) is 10.6. The summed E-state index contributed by atoms with van der Waals surface area (Å²) in [6.07, 6.45) is 0.639. The van der Waals surface area contributed by atoms with Gasteiger partial charge in [0.05, 0.1) is 4.90 Å². The molecule has 0 saturated carbocycles. The van der Waals surface area contributed by atoms with Crippen molar-refractivity contribution in [2.75, 3.05) is 6.54 Å². The Morgan fingerprint density at radius 3 is 2.63 bits per heavy atom. The van der Waals surface area contributed by atoms with E-state index in [1.54, 1.807) is 6.92 Å². The Labute approximate surface area is 159 Å². The molecule has 0 aliphatic carbocycles. The van der Waals surface area contributed by atoms with Crippen molar-refractivity contribution in [2.24, 2.45) is 0 Å². The summed E-state index contributed by atoms with van der Waals surface area (Å²) in [7, 11) is -3.67. The second kappa shape index (κ2) is 6.46. The predicted molar refractivity (Wildman–Crippen MR) is 105 cm³/mol. The third-order valence-corrected chi connectivity index (χ3v) is 7.39. The zero-order valence-electron chi connectivity index (χ0n) is 15.7. The highest BCUT2D eigenvalue weighted by Gasteiger charge is 2.31. The molecule has 0 unspecified atom stereocenters. The van der Waals surface area contributed by atoms with Gasteiger partial charge in [0.2, 0.25) is 10.0 Å². The number of sulfonamides is 1. The van der Waals surface area contributed by atoms with Crippen molar-refractivity contribution in [1.29, 1.82) is 0 Å². The first-order valence-electron chi connectivity index (χ1n) is 9.17. The van der Waals surface area contributed by atoms with Crippen LogP contribution in [0.25, 0.3) is 10.9 Å². The minimum atomic E-state index is -3.67. The third-order valence-electron chi connectivity index (χ3n) is 5.39. The van der Waals surface area contributed by atoms with E-state index >= 15 is 0 Å². The molecule has 3 aromatic rings. The summed E-state index contributed by atoms with van der Waals surface area (Å²) in [6.45, 7) is 6.67. The summed E-state index contributed by atoms with van der Waals surface area (Å²) in [4.78, 5) is 3.62. The summed E-state index contributed by atoms with van der Waals surface area (Å²) < 4.78 is 41.2. The number of aromatic amines is 1. The average Bonchev–Trinajstić information content (AvgIpc) is 2.98. The summed E-state index contributed by atoms with van der Waals surface area (Å²) >= 11 is 0. The molecule has 0 radical (unpaired) electrons. The van der Waals surface area contributed by atoms with Crippen LogP contribution >= 0.6 is 0 Å². The quantitative estimate of drug-likeness (QED) is 0.721. The fourth-order valence-electron chi connectivity index (χ4n) is 3.81. The molecule has 0 bridgehead atoms. The van der Waals surface area contributed by atoms with Gasteiger partial charge in [0.15, 0.2) is 0 Å². The van der Waals surface area contributed by atoms with Crippen molar-refractivity contribution >= 4 is 20.9 Å². The predicted octanol–water partition coefficient (Wildman–Crippen LogP) is 4.49. The molecule has 0 saturated heterocycles. The molecule has 0 amide bonds. The van der Waals surface area contributed by atoms with Crippen LogP contribution in [0.15, 0.2) is 41.3 Å². The van der Waals surface area contributed by atoms with Gasteiger partial charge in [-0.1, -0.05) is 19.9 Å². The monoisotopic (exact) mass is 386 g/mol.